The molecule has 3 aromatic heterocycles. The number of nitrogens with zero attached hydrogens (tertiary/aromatic N) is 5. The van der Waals surface area contributed by atoms with Gasteiger partial charge in [-0.25, -0.2) is 15.0 Å². The number of hydrogen-bond donors (Lipinski definition) is 0. The predicted octanol–water partition coefficient (Wildman–Crippen LogP) is 13.9. The maximum atomic E-state index is 5.20. The zero-order chi connectivity index (χ0) is 39.6. The van der Waals surface area contributed by atoms with Crippen molar-refractivity contribution in [2.75, 3.05) is 0 Å². The van der Waals surface area contributed by atoms with Crippen LogP contribution >= 0.6 is 0 Å². The standard InChI is InChI=1S/C55H35N5/c1-3-15-36(16-4-1)37-29-31-41(32-30-37)59-49-27-11-9-24-44(49)47-34-48-45-25-10-12-28-50(45)60(52(48)35-51(47)59)42-22-13-21-40(33-42)54-56-53(39-18-5-2-6-19-39)57-55(58-54)46-26-14-20-38-17-7-8-23-43(38)46/h1-35H. The van der Waals surface area contributed by atoms with Crippen molar-refractivity contribution in [3.05, 3.63) is 212 Å². The quantitative estimate of drug-likeness (QED) is 0.169. The van der Waals surface area contributed by atoms with Gasteiger partial charge < -0.3 is 9.13 Å². The van der Waals surface area contributed by atoms with Crippen LogP contribution in [0, 0.1) is 0 Å². The number of fused-ring (bicyclic) bond motifs is 7. The van der Waals surface area contributed by atoms with Crippen LogP contribution in [0.15, 0.2) is 212 Å². The second-order valence-electron chi connectivity index (χ2n) is 15.3. The first-order valence-electron chi connectivity index (χ1n) is 20.3. The lowest BCUT2D eigenvalue weighted by molar-refractivity contribution is 1.07. The van der Waals surface area contributed by atoms with E-state index in [0.717, 1.165) is 55.4 Å². The molecule has 9 aromatic carbocycles. The van der Waals surface area contributed by atoms with Gasteiger partial charge in [0.15, 0.2) is 17.5 Å². The van der Waals surface area contributed by atoms with Crippen LogP contribution in [0.1, 0.15) is 0 Å². The van der Waals surface area contributed by atoms with Crippen LogP contribution < -0.4 is 0 Å². The Bertz CT molecular complexity index is 3580. The summed E-state index contributed by atoms with van der Waals surface area (Å²) in [7, 11) is 0. The number of benzene rings is 9. The van der Waals surface area contributed by atoms with E-state index in [1.165, 1.54) is 38.2 Å². The van der Waals surface area contributed by atoms with Gasteiger partial charge in [-0.15, -0.1) is 0 Å². The van der Waals surface area contributed by atoms with Crippen molar-refractivity contribution in [2.45, 2.75) is 0 Å². The molecule has 0 N–H and O–H groups in total. The van der Waals surface area contributed by atoms with Crippen molar-refractivity contribution in [3.8, 4) is 56.7 Å². The molecule has 12 aromatic rings. The van der Waals surface area contributed by atoms with Crippen LogP contribution in [0.2, 0.25) is 0 Å². The van der Waals surface area contributed by atoms with Crippen molar-refractivity contribution >= 4 is 54.4 Å². The third kappa shape index (κ3) is 5.52. The Labute approximate surface area is 346 Å². The highest BCUT2D eigenvalue weighted by molar-refractivity contribution is 6.19. The summed E-state index contributed by atoms with van der Waals surface area (Å²) < 4.78 is 4.79. The summed E-state index contributed by atoms with van der Waals surface area (Å²) in [6.07, 6.45) is 0. The highest BCUT2D eigenvalue weighted by Crippen LogP contribution is 2.40. The molecular formula is C55H35N5. The molecule has 0 saturated heterocycles. The zero-order valence-electron chi connectivity index (χ0n) is 32.4. The summed E-state index contributed by atoms with van der Waals surface area (Å²) in [4.78, 5) is 15.4. The summed E-state index contributed by atoms with van der Waals surface area (Å²) >= 11 is 0. The summed E-state index contributed by atoms with van der Waals surface area (Å²) in [5.41, 5.74) is 12.0. The molecule has 0 radical (unpaired) electrons. The normalized spacial score (nSPS) is 11.7. The highest BCUT2D eigenvalue weighted by Gasteiger charge is 2.20. The number of rotatable bonds is 6. The molecule has 5 nitrogen and oxygen atoms in total. The minimum Gasteiger partial charge on any atom is -0.309 e. The van der Waals surface area contributed by atoms with Crippen LogP contribution in [0.25, 0.3) is 111 Å². The summed E-state index contributed by atoms with van der Waals surface area (Å²) in [5.74, 6) is 1.90. The fourth-order valence-electron chi connectivity index (χ4n) is 8.97. The molecule has 3 heterocycles. The Hall–Kier alpha value is -8.15. The van der Waals surface area contributed by atoms with E-state index in [-0.39, 0.29) is 0 Å². The van der Waals surface area contributed by atoms with Gasteiger partial charge in [0.25, 0.3) is 0 Å². The predicted molar refractivity (Wildman–Crippen MR) is 248 cm³/mol. The smallest absolute Gasteiger partial charge is 0.164 e. The fourth-order valence-corrected chi connectivity index (χ4v) is 8.97. The lowest BCUT2D eigenvalue weighted by Gasteiger charge is -2.13. The Balaban J connectivity index is 1.06. The molecule has 0 aliphatic heterocycles. The molecule has 0 amide bonds. The average Bonchev–Trinajstić information content (AvgIpc) is 3.83. The highest BCUT2D eigenvalue weighted by atomic mass is 15.0. The summed E-state index contributed by atoms with van der Waals surface area (Å²) in [6, 6.07) is 75.2. The van der Waals surface area contributed by atoms with Crippen LogP contribution in [0.5, 0.6) is 0 Å². The zero-order valence-corrected chi connectivity index (χ0v) is 32.4. The first-order valence-corrected chi connectivity index (χ1v) is 20.3. The molecule has 0 aliphatic carbocycles. The monoisotopic (exact) mass is 765 g/mol. The second-order valence-corrected chi connectivity index (χ2v) is 15.3. The molecule has 0 spiro atoms. The first-order chi connectivity index (χ1) is 29.7. The van der Waals surface area contributed by atoms with Gasteiger partial charge in [-0.2, -0.15) is 0 Å². The van der Waals surface area contributed by atoms with Gasteiger partial charge in [-0.05, 0) is 70.4 Å². The summed E-state index contributed by atoms with van der Waals surface area (Å²) in [6.45, 7) is 0. The lowest BCUT2D eigenvalue weighted by atomic mass is 10.0. The Morgan fingerprint density at radius 2 is 0.767 bits per heavy atom. The van der Waals surface area contributed by atoms with E-state index in [1.54, 1.807) is 0 Å². The Morgan fingerprint density at radius 3 is 1.47 bits per heavy atom. The molecule has 60 heavy (non-hydrogen) atoms. The van der Waals surface area contributed by atoms with E-state index in [9.17, 15) is 0 Å². The topological polar surface area (TPSA) is 48.5 Å². The van der Waals surface area contributed by atoms with Crippen LogP contribution in [0.4, 0.5) is 0 Å². The van der Waals surface area contributed by atoms with Gasteiger partial charge in [-0.1, -0.05) is 164 Å². The van der Waals surface area contributed by atoms with Crippen LogP contribution in [-0.4, -0.2) is 24.1 Å². The van der Waals surface area contributed by atoms with E-state index in [2.05, 4.69) is 203 Å². The maximum Gasteiger partial charge on any atom is 0.164 e. The maximum absolute atomic E-state index is 5.20. The molecule has 0 bridgehead atoms. The van der Waals surface area contributed by atoms with Crippen molar-refractivity contribution < 1.29 is 0 Å². The van der Waals surface area contributed by atoms with Gasteiger partial charge in [0.1, 0.15) is 0 Å². The van der Waals surface area contributed by atoms with Crippen molar-refractivity contribution in [3.63, 3.8) is 0 Å². The minimum atomic E-state index is 0.621. The lowest BCUT2D eigenvalue weighted by Crippen LogP contribution is -2.01. The Morgan fingerprint density at radius 1 is 0.267 bits per heavy atom. The van der Waals surface area contributed by atoms with Crippen LogP contribution in [-0.2, 0) is 0 Å². The molecule has 5 heteroatoms. The number of aromatic nitrogens is 5. The van der Waals surface area contributed by atoms with E-state index in [0.29, 0.717) is 17.5 Å². The van der Waals surface area contributed by atoms with Crippen molar-refractivity contribution in [2.24, 2.45) is 0 Å². The van der Waals surface area contributed by atoms with Gasteiger partial charge >= 0.3 is 0 Å². The summed E-state index contributed by atoms with van der Waals surface area (Å²) in [5, 5.41) is 7.10. The van der Waals surface area contributed by atoms with Gasteiger partial charge in [0.05, 0.1) is 22.1 Å². The number of para-hydroxylation sites is 2. The number of hydrogen-bond acceptors (Lipinski definition) is 3. The van der Waals surface area contributed by atoms with Gasteiger partial charge in [-0.3, -0.25) is 0 Å². The SMILES string of the molecule is c1ccc(-c2ccc(-n3c4ccccc4c4cc5c6ccccc6n(-c6cccc(-c7nc(-c8ccccc8)nc(-c8cccc9ccccc89)n7)c6)c5cc43)cc2)cc1. The van der Waals surface area contributed by atoms with E-state index in [4.69, 9.17) is 15.0 Å². The van der Waals surface area contributed by atoms with E-state index in [1.807, 2.05) is 18.2 Å². The van der Waals surface area contributed by atoms with E-state index >= 15 is 0 Å². The third-order valence-electron chi connectivity index (χ3n) is 11.8. The van der Waals surface area contributed by atoms with Crippen LogP contribution in [0.3, 0.4) is 0 Å². The van der Waals surface area contributed by atoms with Crippen molar-refractivity contribution in [1.82, 2.24) is 24.1 Å². The molecule has 0 aliphatic rings. The molecule has 0 saturated carbocycles. The largest absolute Gasteiger partial charge is 0.309 e. The molecule has 0 atom stereocenters. The average molecular weight is 766 g/mol. The van der Waals surface area contributed by atoms with Gasteiger partial charge in [0, 0.05) is 49.6 Å². The Kier molecular flexibility index (Phi) is 7.78. The van der Waals surface area contributed by atoms with E-state index < -0.39 is 0 Å². The molecule has 0 fully saturated rings. The third-order valence-corrected chi connectivity index (χ3v) is 11.8. The first kappa shape index (κ1) is 33.9. The molecule has 0 unspecified atom stereocenters. The fraction of sp³-hybridized carbons (Fsp3) is 0. The van der Waals surface area contributed by atoms with Gasteiger partial charge in [0.2, 0.25) is 0 Å². The molecule has 280 valence electrons. The molecular weight excluding hydrogens is 731 g/mol. The minimum absolute atomic E-state index is 0.621. The molecule has 12 rings (SSSR count). The van der Waals surface area contributed by atoms with Crippen molar-refractivity contribution in [1.29, 1.82) is 0 Å². The second kappa shape index (κ2) is 13.8.